The van der Waals surface area contributed by atoms with Gasteiger partial charge in [-0.15, -0.1) is 0 Å². The van der Waals surface area contributed by atoms with Crippen molar-refractivity contribution in [2.75, 3.05) is 24.1 Å². The predicted molar refractivity (Wildman–Crippen MR) is 130 cm³/mol. The lowest BCUT2D eigenvalue weighted by molar-refractivity contribution is 0.0515. The Balaban J connectivity index is 1.35. The van der Waals surface area contributed by atoms with E-state index < -0.39 is 11.0 Å². The molecule has 2 aliphatic rings. The Labute approximate surface area is 198 Å². The predicted octanol–water partition coefficient (Wildman–Crippen LogP) is 3.82. The van der Waals surface area contributed by atoms with Crippen molar-refractivity contribution in [3.8, 4) is 11.3 Å². The van der Waals surface area contributed by atoms with Gasteiger partial charge in [0.2, 0.25) is 0 Å². The number of anilines is 1. The van der Waals surface area contributed by atoms with Gasteiger partial charge in [0.05, 0.1) is 29.9 Å². The summed E-state index contributed by atoms with van der Waals surface area (Å²) in [6.45, 7) is 6.02. The summed E-state index contributed by atoms with van der Waals surface area (Å²) in [7, 11) is -1.09. The van der Waals surface area contributed by atoms with Crippen molar-refractivity contribution in [3.63, 3.8) is 0 Å². The summed E-state index contributed by atoms with van der Waals surface area (Å²) in [4.78, 5) is 25.9. The number of hydrogen-bond acceptors (Lipinski definition) is 6. The second-order valence-electron chi connectivity index (χ2n) is 9.08. The second kappa shape index (κ2) is 10.6. The summed E-state index contributed by atoms with van der Waals surface area (Å²) < 4.78 is 19.5. The standard InChI is InChI=1S/C24H33N5O3S/c1-17(2)32-24(30)28-12-10-22(11-13-28)29(21-8-9-21)16-20-14-26-23(15-25-20)18-4-6-19(7-5-18)27-33(3)31/h4-7,14-15,17,21-22,27H,8-13,16H2,1-3H3. The number of piperidine rings is 1. The lowest BCUT2D eigenvalue weighted by Gasteiger charge is -2.38. The molecule has 1 aromatic heterocycles. The highest BCUT2D eigenvalue weighted by Gasteiger charge is 2.36. The van der Waals surface area contributed by atoms with E-state index >= 15 is 0 Å². The molecule has 1 saturated carbocycles. The van der Waals surface area contributed by atoms with Crippen LogP contribution in [0.5, 0.6) is 0 Å². The minimum absolute atomic E-state index is 0.0868. The third-order valence-corrected chi connectivity index (χ3v) is 6.56. The summed E-state index contributed by atoms with van der Waals surface area (Å²) in [5.74, 6) is 0. The van der Waals surface area contributed by atoms with Gasteiger partial charge in [-0.1, -0.05) is 12.1 Å². The SMILES string of the molecule is CC(C)OC(=O)N1CCC(N(Cc2cnc(-c3ccc(NS(C)=O)cc3)cn2)C2CC2)CC1. The molecule has 1 unspecified atom stereocenters. The molecule has 4 rings (SSSR count). The Morgan fingerprint density at radius 1 is 1.12 bits per heavy atom. The van der Waals surface area contributed by atoms with Crippen LogP contribution in [0, 0.1) is 0 Å². The van der Waals surface area contributed by atoms with Crippen LogP contribution in [-0.4, -0.2) is 67.6 Å². The van der Waals surface area contributed by atoms with Gasteiger partial charge in [0.15, 0.2) is 0 Å². The molecule has 8 nitrogen and oxygen atoms in total. The summed E-state index contributed by atoms with van der Waals surface area (Å²) in [6.07, 6.45) is 9.38. The zero-order chi connectivity index (χ0) is 23.4. The maximum atomic E-state index is 12.2. The first-order valence-electron chi connectivity index (χ1n) is 11.6. The molecule has 2 heterocycles. The molecule has 0 bridgehead atoms. The highest BCUT2D eigenvalue weighted by Crippen LogP contribution is 2.33. The fraction of sp³-hybridized carbons (Fsp3) is 0.542. The average molecular weight is 472 g/mol. The molecule has 1 aliphatic heterocycles. The van der Waals surface area contributed by atoms with Crippen molar-refractivity contribution < 1.29 is 13.7 Å². The quantitative estimate of drug-likeness (QED) is 0.630. The lowest BCUT2D eigenvalue weighted by Crippen LogP contribution is -2.47. The van der Waals surface area contributed by atoms with Gasteiger partial charge in [-0.05, 0) is 51.7 Å². The number of rotatable bonds is 8. The van der Waals surface area contributed by atoms with Gasteiger partial charge >= 0.3 is 6.09 Å². The zero-order valence-electron chi connectivity index (χ0n) is 19.6. The molecule has 1 aliphatic carbocycles. The second-order valence-corrected chi connectivity index (χ2v) is 10.2. The normalized spacial score (nSPS) is 17.9. The van der Waals surface area contributed by atoms with Crippen molar-refractivity contribution in [1.29, 1.82) is 0 Å². The molecule has 1 aromatic carbocycles. The first-order chi connectivity index (χ1) is 15.9. The Bertz CT molecular complexity index is 955. The number of hydrogen-bond donors (Lipinski definition) is 1. The molecular weight excluding hydrogens is 438 g/mol. The van der Waals surface area contributed by atoms with Crippen molar-refractivity contribution in [3.05, 3.63) is 42.4 Å². The topological polar surface area (TPSA) is 87.7 Å². The van der Waals surface area contributed by atoms with E-state index in [2.05, 4.69) is 14.6 Å². The largest absolute Gasteiger partial charge is 0.447 e. The van der Waals surface area contributed by atoms with Gasteiger partial charge in [0, 0.05) is 49.2 Å². The lowest BCUT2D eigenvalue weighted by atomic mass is 10.0. The van der Waals surface area contributed by atoms with Crippen LogP contribution in [0.4, 0.5) is 10.5 Å². The highest BCUT2D eigenvalue weighted by atomic mass is 32.2. The number of nitrogens with one attached hydrogen (secondary N) is 1. The molecule has 2 aromatic rings. The molecule has 0 radical (unpaired) electrons. The molecule has 178 valence electrons. The molecule has 0 spiro atoms. The third-order valence-electron chi connectivity index (χ3n) is 6.04. The Kier molecular flexibility index (Phi) is 7.60. The molecule has 1 saturated heterocycles. The number of aromatic nitrogens is 2. The van der Waals surface area contributed by atoms with E-state index in [1.165, 1.54) is 12.8 Å². The summed E-state index contributed by atoms with van der Waals surface area (Å²) in [6, 6.07) is 8.75. The van der Waals surface area contributed by atoms with Crippen LogP contribution in [0.1, 0.15) is 45.2 Å². The van der Waals surface area contributed by atoms with E-state index in [0.29, 0.717) is 12.1 Å². The van der Waals surface area contributed by atoms with Crippen LogP contribution in [0.25, 0.3) is 11.3 Å². The van der Waals surface area contributed by atoms with Crippen molar-refractivity contribution in [2.45, 2.75) is 64.3 Å². The van der Waals surface area contributed by atoms with Gasteiger partial charge < -0.3 is 14.4 Å². The number of carbonyl (C=O) groups is 1. The van der Waals surface area contributed by atoms with Crippen LogP contribution < -0.4 is 4.72 Å². The van der Waals surface area contributed by atoms with Gasteiger partial charge in [-0.2, -0.15) is 0 Å². The van der Waals surface area contributed by atoms with Crippen LogP contribution in [0.15, 0.2) is 36.7 Å². The summed E-state index contributed by atoms with van der Waals surface area (Å²) >= 11 is 0. The molecule has 33 heavy (non-hydrogen) atoms. The number of carbonyl (C=O) groups excluding carboxylic acids is 1. The Morgan fingerprint density at radius 2 is 1.79 bits per heavy atom. The number of benzene rings is 1. The third kappa shape index (κ3) is 6.51. The first-order valence-corrected chi connectivity index (χ1v) is 13.2. The monoisotopic (exact) mass is 471 g/mol. The van der Waals surface area contributed by atoms with Gasteiger partial charge in [0.25, 0.3) is 0 Å². The van der Waals surface area contributed by atoms with Crippen LogP contribution in [0.2, 0.25) is 0 Å². The molecular formula is C24H33N5O3S. The minimum atomic E-state index is -1.09. The smallest absolute Gasteiger partial charge is 0.410 e. The van der Waals surface area contributed by atoms with Crippen molar-refractivity contribution in [1.82, 2.24) is 19.8 Å². The van der Waals surface area contributed by atoms with Crippen LogP contribution in [-0.2, 0) is 22.3 Å². The van der Waals surface area contributed by atoms with E-state index in [1.54, 1.807) is 6.26 Å². The fourth-order valence-electron chi connectivity index (χ4n) is 4.27. The number of ether oxygens (including phenoxy) is 1. The molecule has 9 heteroatoms. The van der Waals surface area contributed by atoms with Gasteiger partial charge in [-0.3, -0.25) is 14.9 Å². The molecule has 1 atom stereocenters. The van der Waals surface area contributed by atoms with Gasteiger partial charge in [0.1, 0.15) is 11.0 Å². The summed E-state index contributed by atoms with van der Waals surface area (Å²) in [5, 5.41) is 0. The molecule has 2 fully saturated rings. The van der Waals surface area contributed by atoms with E-state index in [0.717, 1.165) is 55.1 Å². The van der Waals surface area contributed by atoms with Crippen molar-refractivity contribution >= 4 is 22.8 Å². The number of nitrogens with zero attached hydrogens (tertiary/aromatic N) is 4. The highest BCUT2D eigenvalue weighted by molar-refractivity contribution is 7.85. The van der Waals surface area contributed by atoms with E-state index in [1.807, 2.05) is 55.4 Å². The van der Waals surface area contributed by atoms with E-state index in [9.17, 15) is 9.00 Å². The Morgan fingerprint density at radius 3 is 2.33 bits per heavy atom. The van der Waals surface area contributed by atoms with Crippen LogP contribution >= 0.6 is 0 Å². The maximum Gasteiger partial charge on any atom is 0.410 e. The van der Waals surface area contributed by atoms with Crippen LogP contribution in [0.3, 0.4) is 0 Å². The zero-order valence-corrected chi connectivity index (χ0v) is 20.4. The van der Waals surface area contributed by atoms with E-state index in [-0.39, 0.29) is 12.2 Å². The van der Waals surface area contributed by atoms with Crippen molar-refractivity contribution in [2.24, 2.45) is 0 Å². The Hall–Kier alpha value is -2.52. The number of amides is 1. The number of likely N-dealkylation sites (tertiary alicyclic amines) is 1. The first kappa shape index (κ1) is 23.6. The average Bonchev–Trinajstić information content (AvgIpc) is 3.63. The van der Waals surface area contributed by atoms with E-state index in [4.69, 9.17) is 9.72 Å². The molecule has 1 N–H and O–H groups in total. The fourth-order valence-corrected chi connectivity index (χ4v) is 4.73. The minimum Gasteiger partial charge on any atom is -0.447 e. The maximum absolute atomic E-state index is 12.2. The summed E-state index contributed by atoms with van der Waals surface area (Å²) in [5.41, 5.74) is 3.57. The molecule has 1 amide bonds. The van der Waals surface area contributed by atoms with Gasteiger partial charge in [-0.25, -0.2) is 9.00 Å².